The van der Waals surface area contributed by atoms with Crippen molar-refractivity contribution >= 4 is 45.6 Å². The van der Waals surface area contributed by atoms with Crippen LogP contribution < -0.4 is 15.4 Å². The third kappa shape index (κ3) is 5.39. The van der Waals surface area contributed by atoms with Gasteiger partial charge in [-0.1, -0.05) is 17.7 Å². The van der Waals surface area contributed by atoms with Crippen molar-refractivity contribution < 1.29 is 18.7 Å². The average molecular weight is 472 g/mol. The molecule has 0 bridgehead atoms. The maximum absolute atomic E-state index is 13.5. The first-order valence-electron chi connectivity index (χ1n) is 10.3. The Labute approximate surface area is 195 Å². The molecule has 2 heterocycles. The molecule has 1 aromatic heterocycles. The molecule has 172 valence electrons. The van der Waals surface area contributed by atoms with Crippen LogP contribution in [-0.2, 0) is 9.53 Å². The molecular weight excluding hydrogens is 449 g/mol. The molecule has 1 aliphatic heterocycles. The molecule has 8 nitrogen and oxygen atoms in total. The van der Waals surface area contributed by atoms with Gasteiger partial charge in [-0.05, 0) is 31.3 Å². The molecule has 2 N–H and O–H groups in total. The molecule has 1 atom stereocenters. The molecule has 2 aromatic carbocycles. The number of halogens is 2. The fourth-order valence-corrected chi connectivity index (χ4v) is 3.62. The van der Waals surface area contributed by atoms with E-state index in [1.165, 1.54) is 31.6 Å². The molecule has 1 fully saturated rings. The van der Waals surface area contributed by atoms with Crippen LogP contribution in [0.3, 0.4) is 0 Å². The lowest BCUT2D eigenvalue weighted by atomic mass is 10.1. The molecule has 10 heteroatoms. The van der Waals surface area contributed by atoms with Gasteiger partial charge in [0.1, 0.15) is 23.7 Å². The molecule has 0 aliphatic carbocycles. The Balaban J connectivity index is 1.60. The number of ether oxygens (including phenoxy) is 2. The molecule has 4 rings (SSSR count). The third-order valence-corrected chi connectivity index (χ3v) is 5.60. The number of nitrogens with one attached hydrogen (secondary N) is 2. The van der Waals surface area contributed by atoms with Crippen molar-refractivity contribution in [2.45, 2.75) is 6.04 Å². The molecule has 3 aromatic rings. The minimum absolute atomic E-state index is 0.00576. The second-order valence-corrected chi connectivity index (χ2v) is 7.92. The number of carbonyl (C=O) groups is 1. The van der Waals surface area contributed by atoms with Crippen LogP contribution in [0.1, 0.15) is 0 Å². The van der Waals surface area contributed by atoms with Crippen molar-refractivity contribution in [1.82, 2.24) is 14.9 Å². The highest BCUT2D eigenvalue weighted by atomic mass is 35.5. The van der Waals surface area contributed by atoms with Crippen LogP contribution in [0.5, 0.6) is 5.75 Å². The smallest absolute Gasteiger partial charge is 0.248 e. The largest absolute Gasteiger partial charge is 0.494 e. The van der Waals surface area contributed by atoms with Crippen molar-refractivity contribution in [3.05, 3.63) is 59.7 Å². The summed E-state index contributed by atoms with van der Waals surface area (Å²) in [5, 5.41) is 6.60. The summed E-state index contributed by atoms with van der Waals surface area (Å²) < 4.78 is 24.4. The van der Waals surface area contributed by atoms with Gasteiger partial charge in [0.05, 0.1) is 42.6 Å². The van der Waals surface area contributed by atoms with Gasteiger partial charge >= 0.3 is 0 Å². The highest BCUT2D eigenvalue weighted by Gasteiger charge is 2.17. The molecule has 1 saturated heterocycles. The number of methoxy groups -OCH3 is 1. The normalized spacial score (nSPS) is 16.8. The summed E-state index contributed by atoms with van der Waals surface area (Å²) in [6.07, 6.45) is 4.70. The minimum Gasteiger partial charge on any atom is -0.494 e. The molecule has 0 radical (unpaired) electrons. The molecule has 0 saturated carbocycles. The summed E-state index contributed by atoms with van der Waals surface area (Å²) in [6, 6.07) is 7.76. The van der Waals surface area contributed by atoms with E-state index in [2.05, 4.69) is 25.5 Å². The van der Waals surface area contributed by atoms with Crippen molar-refractivity contribution in [3.8, 4) is 5.75 Å². The van der Waals surface area contributed by atoms with Crippen LogP contribution in [0.2, 0.25) is 5.02 Å². The average Bonchev–Trinajstić information content (AvgIpc) is 2.81. The van der Waals surface area contributed by atoms with Crippen LogP contribution in [0.25, 0.3) is 10.9 Å². The van der Waals surface area contributed by atoms with Gasteiger partial charge < -0.3 is 20.1 Å². The predicted octanol–water partition coefficient (Wildman–Crippen LogP) is 4.00. The fourth-order valence-electron chi connectivity index (χ4n) is 3.44. The van der Waals surface area contributed by atoms with Gasteiger partial charge in [-0.15, -0.1) is 0 Å². The van der Waals surface area contributed by atoms with Crippen LogP contribution in [0.15, 0.2) is 48.8 Å². The molecular formula is C23H23ClFN5O3. The Morgan fingerprint density at radius 1 is 1.33 bits per heavy atom. The van der Waals surface area contributed by atoms with E-state index in [9.17, 15) is 9.18 Å². The SMILES string of the molecule is COc1cc2ncnc(Nc3ccc(F)c(Cl)c3)c2cc1NC(=O)/C=C/C1COCCN1C. The zero-order valence-corrected chi connectivity index (χ0v) is 18.9. The maximum atomic E-state index is 13.5. The monoisotopic (exact) mass is 471 g/mol. The highest BCUT2D eigenvalue weighted by Crippen LogP contribution is 2.33. The lowest BCUT2D eigenvalue weighted by Crippen LogP contribution is -2.41. The maximum Gasteiger partial charge on any atom is 0.248 e. The zero-order valence-electron chi connectivity index (χ0n) is 18.1. The summed E-state index contributed by atoms with van der Waals surface area (Å²) in [6.45, 7) is 2.04. The number of aromatic nitrogens is 2. The molecule has 33 heavy (non-hydrogen) atoms. The number of nitrogens with zero attached hydrogens (tertiary/aromatic N) is 3. The summed E-state index contributed by atoms with van der Waals surface area (Å²) >= 11 is 5.89. The first-order chi connectivity index (χ1) is 15.9. The third-order valence-electron chi connectivity index (χ3n) is 5.31. The van der Waals surface area contributed by atoms with Gasteiger partial charge in [0, 0.05) is 29.8 Å². The summed E-state index contributed by atoms with van der Waals surface area (Å²) in [4.78, 5) is 23.3. The number of rotatable bonds is 6. The Morgan fingerprint density at radius 3 is 2.94 bits per heavy atom. The number of morpholine rings is 1. The van der Waals surface area contributed by atoms with Gasteiger partial charge in [-0.25, -0.2) is 14.4 Å². The van der Waals surface area contributed by atoms with E-state index < -0.39 is 5.82 Å². The van der Waals surface area contributed by atoms with Gasteiger partial charge in [-0.3, -0.25) is 9.69 Å². The van der Waals surface area contributed by atoms with Crippen molar-refractivity contribution in [2.75, 3.05) is 44.5 Å². The quantitative estimate of drug-likeness (QED) is 0.525. The van der Waals surface area contributed by atoms with E-state index in [4.69, 9.17) is 21.1 Å². The number of hydrogen-bond acceptors (Lipinski definition) is 7. The summed E-state index contributed by atoms with van der Waals surface area (Å²) in [5.74, 6) is 0.112. The highest BCUT2D eigenvalue weighted by molar-refractivity contribution is 6.31. The number of anilines is 3. The van der Waals surface area contributed by atoms with E-state index in [0.29, 0.717) is 47.1 Å². The lowest BCUT2D eigenvalue weighted by Gasteiger charge is -2.30. The van der Waals surface area contributed by atoms with Gasteiger partial charge in [-0.2, -0.15) is 0 Å². The van der Waals surface area contributed by atoms with Crippen molar-refractivity contribution in [2.24, 2.45) is 0 Å². The van der Waals surface area contributed by atoms with E-state index in [-0.39, 0.29) is 17.0 Å². The molecule has 1 unspecified atom stereocenters. The number of fused-ring (bicyclic) bond motifs is 1. The Bertz CT molecular complexity index is 1210. The summed E-state index contributed by atoms with van der Waals surface area (Å²) in [5.41, 5.74) is 1.62. The lowest BCUT2D eigenvalue weighted by molar-refractivity contribution is -0.112. The van der Waals surface area contributed by atoms with Crippen LogP contribution >= 0.6 is 11.6 Å². The Hall–Kier alpha value is -3.27. The van der Waals surface area contributed by atoms with Gasteiger partial charge in [0.15, 0.2) is 0 Å². The van der Waals surface area contributed by atoms with Crippen molar-refractivity contribution in [1.29, 1.82) is 0 Å². The zero-order chi connectivity index (χ0) is 23.4. The predicted molar refractivity (Wildman–Crippen MR) is 126 cm³/mol. The second-order valence-electron chi connectivity index (χ2n) is 7.52. The Kier molecular flexibility index (Phi) is 7.02. The Morgan fingerprint density at radius 2 is 2.18 bits per heavy atom. The van der Waals surface area contributed by atoms with Gasteiger partial charge in [0.25, 0.3) is 0 Å². The van der Waals surface area contributed by atoms with E-state index in [1.54, 1.807) is 18.2 Å². The molecule has 1 amide bonds. The first kappa shape index (κ1) is 22.9. The van der Waals surface area contributed by atoms with Crippen LogP contribution in [0.4, 0.5) is 21.6 Å². The van der Waals surface area contributed by atoms with E-state index >= 15 is 0 Å². The van der Waals surface area contributed by atoms with Crippen molar-refractivity contribution in [3.63, 3.8) is 0 Å². The van der Waals surface area contributed by atoms with E-state index in [0.717, 1.165) is 6.54 Å². The molecule has 1 aliphatic rings. The number of benzene rings is 2. The number of hydrogen-bond donors (Lipinski definition) is 2. The minimum atomic E-state index is -0.511. The standard InChI is InChI=1S/C23H23ClFN5O3/c1-30-7-8-33-12-15(30)4-6-22(31)29-20-10-16-19(11-21(20)32-2)26-13-27-23(16)28-14-3-5-18(25)17(24)9-14/h3-6,9-11,13,15H,7-8,12H2,1-2H3,(H,29,31)(H,26,27,28)/b6-4+. The fraction of sp³-hybridized carbons (Fsp3) is 0.261. The van der Waals surface area contributed by atoms with Gasteiger partial charge in [0.2, 0.25) is 5.91 Å². The second kappa shape index (κ2) is 10.1. The summed E-state index contributed by atoms with van der Waals surface area (Å²) in [7, 11) is 3.51. The number of amides is 1. The number of likely N-dealkylation sites (N-methyl/N-ethyl adjacent to an activating group) is 1. The van der Waals surface area contributed by atoms with E-state index in [1.807, 2.05) is 13.1 Å². The van der Waals surface area contributed by atoms with Crippen LogP contribution in [0, 0.1) is 5.82 Å². The number of carbonyl (C=O) groups excluding carboxylic acids is 1. The first-order valence-corrected chi connectivity index (χ1v) is 10.6. The van der Waals surface area contributed by atoms with Crippen LogP contribution in [-0.4, -0.2) is 60.7 Å². The molecule has 0 spiro atoms. The topological polar surface area (TPSA) is 88.6 Å².